The van der Waals surface area contributed by atoms with Crippen molar-refractivity contribution in [2.45, 2.75) is 46.0 Å². The van der Waals surface area contributed by atoms with Crippen molar-refractivity contribution in [1.29, 1.82) is 0 Å². The summed E-state index contributed by atoms with van der Waals surface area (Å²) in [5, 5.41) is 9.11. The lowest BCUT2D eigenvalue weighted by molar-refractivity contribution is 0.00309. The monoisotopic (exact) mass is 220 g/mol. The zero-order valence-electron chi connectivity index (χ0n) is 10.6. The molecule has 1 fully saturated rings. The van der Waals surface area contributed by atoms with E-state index in [1.54, 1.807) is 0 Å². The van der Waals surface area contributed by atoms with E-state index in [0.29, 0.717) is 5.41 Å². The maximum atomic E-state index is 9.11. The van der Waals surface area contributed by atoms with E-state index in [4.69, 9.17) is 5.11 Å². The highest BCUT2D eigenvalue weighted by molar-refractivity contribution is 5.15. The van der Waals surface area contributed by atoms with Crippen LogP contribution < -0.4 is 0 Å². The van der Waals surface area contributed by atoms with Crippen LogP contribution in [0.5, 0.6) is 0 Å². The molecule has 0 aromatic carbocycles. The van der Waals surface area contributed by atoms with Crippen molar-refractivity contribution in [2.24, 2.45) is 17.3 Å². The van der Waals surface area contributed by atoms with Crippen molar-refractivity contribution in [1.82, 2.24) is 0 Å². The Bertz CT molecular complexity index is 315. The molecule has 3 atom stereocenters. The predicted octanol–water partition coefficient (Wildman–Crippen LogP) is 3.70. The molecule has 0 radical (unpaired) electrons. The van der Waals surface area contributed by atoms with Gasteiger partial charge in [0.25, 0.3) is 0 Å². The van der Waals surface area contributed by atoms with Gasteiger partial charge in [0.1, 0.15) is 0 Å². The Morgan fingerprint density at radius 3 is 2.69 bits per heavy atom. The molecule has 0 aromatic heterocycles. The van der Waals surface area contributed by atoms with E-state index in [9.17, 15) is 0 Å². The third-order valence-electron chi connectivity index (χ3n) is 5.00. The van der Waals surface area contributed by atoms with Crippen molar-refractivity contribution in [3.63, 3.8) is 0 Å². The third kappa shape index (κ3) is 1.86. The highest BCUT2D eigenvalue weighted by atomic mass is 16.3. The van der Waals surface area contributed by atoms with E-state index in [1.807, 2.05) is 0 Å². The first-order valence-electron chi connectivity index (χ1n) is 6.52. The number of aliphatic hydroxyl groups is 1. The van der Waals surface area contributed by atoms with Crippen LogP contribution in [0.2, 0.25) is 0 Å². The summed E-state index contributed by atoms with van der Waals surface area (Å²) in [6, 6.07) is 0. The molecule has 1 saturated carbocycles. The molecule has 0 heterocycles. The lowest BCUT2D eigenvalue weighted by Crippen LogP contribution is -2.44. The van der Waals surface area contributed by atoms with Gasteiger partial charge in [0, 0.05) is 0 Å². The first-order valence-corrected chi connectivity index (χ1v) is 6.52. The molecule has 90 valence electrons. The molecule has 1 nitrogen and oxygen atoms in total. The van der Waals surface area contributed by atoms with Crippen molar-refractivity contribution in [3.8, 4) is 0 Å². The van der Waals surface area contributed by atoms with Crippen LogP contribution >= 0.6 is 0 Å². The average molecular weight is 220 g/mol. The normalized spacial score (nSPS) is 38.8. The van der Waals surface area contributed by atoms with Crippen LogP contribution in [0, 0.1) is 17.3 Å². The lowest BCUT2D eigenvalue weighted by atomic mass is 9.51. The van der Waals surface area contributed by atoms with Gasteiger partial charge in [-0.25, -0.2) is 0 Å². The van der Waals surface area contributed by atoms with Gasteiger partial charge in [0.15, 0.2) is 0 Å². The highest BCUT2D eigenvalue weighted by Crippen LogP contribution is 2.57. The topological polar surface area (TPSA) is 20.2 Å². The van der Waals surface area contributed by atoms with Gasteiger partial charge in [-0.15, -0.1) is 0 Å². The highest BCUT2D eigenvalue weighted by Gasteiger charge is 2.47. The van der Waals surface area contributed by atoms with Gasteiger partial charge in [-0.1, -0.05) is 25.2 Å². The van der Waals surface area contributed by atoms with Gasteiger partial charge in [-0.3, -0.25) is 0 Å². The molecule has 0 bridgehead atoms. The predicted molar refractivity (Wildman–Crippen MR) is 68.2 cm³/mol. The minimum absolute atomic E-state index is 0.257. The number of rotatable bonds is 3. The summed E-state index contributed by atoms with van der Waals surface area (Å²) >= 11 is 0. The quantitative estimate of drug-likeness (QED) is 0.719. The summed E-state index contributed by atoms with van der Waals surface area (Å²) in [5.74, 6) is 1.54. The van der Waals surface area contributed by atoms with E-state index in [0.717, 1.165) is 24.7 Å². The summed E-state index contributed by atoms with van der Waals surface area (Å²) < 4.78 is 0. The van der Waals surface area contributed by atoms with Gasteiger partial charge in [-0.05, 0) is 61.9 Å². The molecule has 0 unspecified atom stereocenters. The fourth-order valence-electron chi connectivity index (χ4n) is 3.67. The molecule has 1 heteroatoms. The summed E-state index contributed by atoms with van der Waals surface area (Å²) in [5.41, 5.74) is 3.10. The molecule has 0 aromatic rings. The van der Waals surface area contributed by atoms with Crippen molar-refractivity contribution in [3.05, 3.63) is 23.8 Å². The van der Waals surface area contributed by atoms with Crippen molar-refractivity contribution < 1.29 is 5.11 Å². The van der Waals surface area contributed by atoms with Gasteiger partial charge < -0.3 is 5.11 Å². The van der Waals surface area contributed by atoms with Gasteiger partial charge in [0.05, 0.1) is 6.61 Å². The van der Waals surface area contributed by atoms with E-state index in [-0.39, 0.29) is 6.61 Å². The fraction of sp³-hybridized carbons (Fsp3) is 0.733. The lowest BCUT2D eigenvalue weighted by Gasteiger charge is -2.53. The van der Waals surface area contributed by atoms with Gasteiger partial charge in [-0.2, -0.15) is 0 Å². The smallest absolute Gasteiger partial charge is 0.0641 e. The Hall–Kier alpha value is -0.560. The second kappa shape index (κ2) is 4.37. The standard InChI is InChI=1S/C15H24O/c1-11(2)14-8-9-15(14,3)13-6-4-12(10-16)5-7-13/h4,13-14,16H,1,5-10H2,2-3H3/t13-,14+,15+/m1/s1. The van der Waals surface area contributed by atoms with Crippen LogP contribution in [0.3, 0.4) is 0 Å². The SMILES string of the molecule is C=C(C)[C@@H]1CC[C@@]1(C)[C@@H]1CC=C(CO)CC1. The molecule has 0 saturated heterocycles. The Kier molecular flexibility index (Phi) is 3.25. The van der Waals surface area contributed by atoms with Gasteiger partial charge in [0.2, 0.25) is 0 Å². The van der Waals surface area contributed by atoms with Crippen molar-refractivity contribution in [2.75, 3.05) is 6.61 Å². The maximum absolute atomic E-state index is 9.11. The zero-order valence-corrected chi connectivity index (χ0v) is 10.6. The Balaban J connectivity index is 2.04. The first-order chi connectivity index (χ1) is 7.58. The molecule has 1 N–H and O–H groups in total. The Labute approximate surface area is 99.3 Å². The van der Waals surface area contributed by atoms with Crippen molar-refractivity contribution >= 4 is 0 Å². The Morgan fingerprint density at radius 2 is 2.31 bits per heavy atom. The number of hydrogen-bond donors (Lipinski definition) is 1. The van der Waals surface area contributed by atoms with E-state index in [2.05, 4.69) is 26.5 Å². The summed E-state index contributed by atoms with van der Waals surface area (Å²) in [6.07, 6.45) is 8.48. The molecular formula is C15H24O. The second-order valence-electron chi connectivity index (χ2n) is 5.94. The van der Waals surface area contributed by atoms with Crippen LogP contribution in [0.15, 0.2) is 23.8 Å². The minimum atomic E-state index is 0.257. The fourth-order valence-corrected chi connectivity index (χ4v) is 3.67. The molecular weight excluding hydrogens is 196 g/mol. The zero-order chi connectivity index (χ0) is 11.8. The first kappa shape index (κ1) is 11.9. The average Bonchev–Trinajstić information content (AvgIpc) is 2.26. The summed E-state index contributed by atoms with van der Waals surface area (Å²) in [6.45, 7) is 9.02. The number of aliphatic hydroxyl groups excluding tert-OH is 1. The number of hydrogen-bond acceptors (Lipinski definition) is 1. The maximum Gasteiger partial charge on any atom is 0.0641 e. The third-order valence-corrected chi connectivity index (χ3v) is 5.00. The Morgan fingerprint density at radius 1 is 1.56 bits per heavy atom. The van der Waals surface area contributed by atoms with Crippen LogP contribution in [0.4, 0.5) is 0 Å². The second-order valence-corrected chi connectivity index (χ2v) is 5.94. The van der Waals surface area contributed by atoms with E-state index in [1.165, 1.54) is 30.4 Å². The molecule has 0 spiro atoms. The van der Waals surface area contributed by atoms with E-state index >= 15 is 0 Å². The molecule has 2 rings (SSSR count). The van der Waals surface area contributed by atoms with E-state index < -0.39 is 0 Å². The van der Waals surface area contributed by atoms with Crippen LogP contribution in [0.1, 0.15) is 46.0 Å². The number of allylic oxidation sites excluding steroid dienone is 2. The molecule has 0 aliphatic heterocycles. The van der Waals surface area contributed by atoms with Crippen LogP contribution in [-0.2, 0) is 0 Å². The van der Waals surface area contributed by atoms with Crippen LogP contribution in [0.25, 0.3) is 0 Å². The largest absolute Gasteiger partial charge is 0.392 e. The molecule has 2 aliphatic carbocycles. The minimum Gasteiger partial charge on any atom is -0.392 e. The molecule has 2 aliphatic rings. The molecule has 0 amide bonds. The van der Waals surface area contributed by atoms with Gasteiger partial charge >= 0.3 is 0 Å². The van der Waals surface area contributed by atoms with Crippen LogP contribution in [-0.4, -0.2) is 11.7 Å². The summed E-state index contributed by atoms with van der Waals surface area (Å²) in [7, 11) is 0. The summed E-state index contributed by atoms with van der Waals surface area (Å²) in [4.78, 5) is 0. The molecule has 16 heavy (non-hydrogen) atoms.